The first-order chi connectivity index (χ1) is 11.7. The van der Waals surface area contributed by atoms with E-state index in [-0.39, 0.29) is 5.97 Å². The third-order valence-electron chi connectivity index (χ3n) is 3.50. The molecule has 0 fully saturated rings. The predicted molar refractivity (Wildman–Crippen MR) is 90.4 cm³/mol. The number of carbonyl (C=O) groups is 1. The van der Waals surface area contributed by atoms with Crippen LogP contribution in [0.1, 0.15) is 35.8 Å². The zero-order valence-electron chi connectivity index (χ0n) is 13.7. The number of benzene rings is 1. The largest absolute Gasteiger partial charge is 0.462 e. The Morgan fingerprint density at radius 1 is 1.29 bits per heavy atom. The van der Waals surface area contributed by atoms with Gasteiger partial charge in [0.1, 0.15) is 12.1 Å². The molecule has 0 radical (unpaired) electrons. The number of nitrogens with one attached hydrogen (secondary N) is 1. The topological polar surface area (TPSA) is 81.4 Å². The summed E-state index contributed by atoms with van der Waals surface area (Å²) in [5.74, 6) is 0.996. The molecule has 0 aliphatic rings. The Morgan fingerprint density at radius 2 is 2.08 bits per heavy atom. The molecule has 2 aromatic heterocycles. The van der Waals surface area contributed by atoms with Crippen LogP contribution in [0.25, 0.3) is 5.78 Å². The molecule has 0 atom stereocenters. The Balaban J connectivity index is 1.74. The molecule has 0 aliphatic carbocycles. The van der Waals surface area contributed by atoms with Crippen LogP contribution in [-0.4, -0.2) is 32.2 Å². The molecule has 0 aliphatic heterocycles. The summed E-state index contributed by atoms with van der Waals surface area (Å²) in [6.45, 7) is 4.41. The van der Waals surface area contributed by atoms with E-state index in [0.717, 1.165) is 30.0 Å². The van der Waals surface area contributed by atoms with E-state index in [4.69, 9.17) is 4.74 Å². The van der Waals surface area contributed by atoms with E-state index >= 15 is 0 Å². The molecule has 0 saturated carbocycles. The van der Waals surface area contributed by atoms with Gasteiger partial charge in [0.25, 0.3) is 5.78 Å². The maximum absolute atomic E-state index is 11.9. The first-order valence-corrected chi connectivity index (χ1v) is 7.89. The second-order valence-electron chi connectivity index (χ2n) is 5.45. The Morgan fingerprint density at radius 3 is 2.83 bits per heavy atom. The van der Waals surface area contributed by atoms with Crippen LogP contribution in [0.3, 0.4) is 0 Å². The number of esters is 1. The fourth-order valence-electron chi connectivity index (χ4n) is 2.25. The number of fused-ring (bicyclic) bond motifs is 1. The van der Waals surface area contributed by atoms with Gasteiger partial charge in [0, 0.05) is 17.4 Å². The number of ether oxygens (including phenoxy) is 1. The third-order valence-corrected chi connectivity index (χ3v) is 3.50. The van der Waals surface area contributed by atoms with Crippen LogP contribution < -0.4 is 5.32 Å². The Kier molecular flexibility index (Phi) is 4.69. The monoisotopic (exact) mass is 325 g/mol. The lowest BCUT2D eigenvalue weighted by atomic mass is 10.2. The van der Waals surface area contributed by atoms with Gasteiger partial charge in [-0.25, -0.2) is 9.78 Å². The highest BCUT2D eigenvalue weighted by Crippen LogP contribution is 2.18. The minimum Gasteiger partial charge on any atom is -0.462 e. The third kappa shape index (κ3) is 3.51. The van der Waals surface area contributed by atoms with E-state index in [9.17, 15) is 4.79 Å². The van der Waals surface area contributed by atoms with Crippen LogP contribution >= 0.6 is 0 Å². The van der Waals surface area contributed by atoms with Crippen molar-refractivity contribution in [1.29, 1.82) is 0 Å². The fraction of sp³-hybridized carbons (Fsp3) is 0.294. The number of hydrogen-bond acceptors (Lipinski definition) is 6. The maximum atomic E-state index is 11.9. The van der Waals surface area contributed by atoms with Crippen LogP contribution in [0, 0.1) is 6.92 Å². The zero-order valence-corrected chi connectivity index (χ0v) is 13.7. The lowest BCUT2D eigenvalue weighted by Gasteiger charge is -2.09. The minimum absolute atomic E-state index is 0.298. The van der Waals surface area contributed by atoms with Gasteiger partial charge < -0.3 is 10.1 Å². The van der Waals surface area contributed by atoms with Gasteiger partial charge in [-0.2, -0.15) is 14.6 Å². The van der Waals surface area contributed by atoms with Crippen molar-refractivity contribution >= 4 is 23.3 Å². The van der Waals surface area contributed by atoms with Crippen molar-refractivity contribution in [3.05, 3.63) is 47.9 Å². The first kappa shape index (κ1) is 15.9. The van der Waals surface area contributed by atoms with Gasteiger partial charge in [0.2, 0.25) is 0 Å². The molecule has 0 unspecified atom stereocenters. The lowest BCUT2D eigenvalue weighted by Crippen LogP contribution is -2.06. The molecule has 3 aromatic rings. The maximum Gasteiger partial charge on any atom is 0.338 e. The molecule has 0 spiro atoms. The van der Waals surface area contributed by atoms with Crippen molar-refractivity contribution in [2.45, 2.75) is 26.7 Å². The summed E-state index contributed by atoms with van der Waals surface area (Å²) in [6, 6.07) is 9.02. The van der Waals surface area contributed by atoms with Gasteiger partial charge >= 0.3 is 5.97 Å². The Labute approximate surface area is 139 Å². The molecule has 1 N–H and O–H groups in total. The van der Waals surface area contributed by atoms with Crippen LogP contribution in [0.5, 0.6) is 0 Å². The van der Waals surface area contributed by atoms with Crippen molar-refractivity contribution in [2.24, 2.45) is 0 Å². The molecule has 1 aromatic carbocycles. The van der Waals surface area contributed by atoms with Crippen molar-refractivity contribution in [3.8, 4) is 0 Å². The van der Waals surface area contributed by atoms with E-state index in [2.05, 4.69) is 27.3 Å². The van der Waals surface area contributed by atoms with Crippen LogP contribution in [0.15, 0.2) is 36.7 Å². The smallest absolute Gasteiger partial charge is 0.338 e. The van der Waals surface area contributed by atoms with E-state index in [1.165, 1.54) is 6.33 Å². The molecule has 24 heavy (non-hydrogen) atoms. The summed E-state index contributed by atoms with van der Waals surface area (Å²) in [5, 5.41) is 7.41. The highest BCUT2D eigenvalue weighted by atomic mass is 16.5. The van der Waals surface area contributed by atoms with E-state index in [1.54, 1.807) is 16.6 Å². The van der Waals surface area contributed by atoms with Gasteiger partial charge in [-0.15, -0.1) is 0 Å². The normalized spacial score (nSPS) is 10.8. The van der Waals surface area contributed by atoms with Crippen molar-refractivity contribution < 1.29 is 9.53 Å². The van der Waals surface area contributed by atoms with Crippen LogP contribution in [-0.2, 0) is 4.74 Å². The number of nitrogens with zero attached hydrogens (tertiary/aromatic N) is 4. The molecule has 0 saturated heterocycles. The SMILES string of the molecule is CCCCOC(=O)c1ccc(Nc2cc(C)nc3ncnn23)cc1. The average molecular weight is 325 g/mol. The van der Waals surface area contributed by atoms with Gasteiger partial charge in [-0.05, 0) is 37.6 Å². The minimum atomic E-state index is -0.298. The molecule has 2 heterocycles. The summed E-state index contributed by atoms with van der Waals surface area (Å²) in [7, 11) is 0. The highest BCUT2D eigenvalue weighted by Gasteiger charge is 2.08. The zero-order chi connectivity index (χ0) is 16.9. The molecular weight excluding hydrogens is 306 g/mol. The van der Waals surface area contributed by atoms with E-state index < -0.39 is 0 Å². The second-order valence-corrected chi connectivity index (χ2v) is 5.45. The number of hydrogen-bond donors (Lipinski definition) is 1. The van der Waals surface area contributed by atoms with Crippen LogP contribution in [0.4, 0.5) is 11.5 Å². The molecule has 7 heteroatoms. The van der Waals surface area contributed by atoms with Gasteiger partial charge in [0.05, 0.1) is 12.2 Å². The van der Waals surface area contributed by atoms with Gasteiger partial charge in [0.15, 0.2) is 0 Å². The predicted octanol–water partition coefficient (Wildman–Crippen LogP) is 3.13. The molecule has 0 bridgehead atoms. The number of anilines is 2. The molecule has 7 nitrogen and oxygen atoms in total. The quantitative estimate of drug-likeness (QED) is 0.554. The van der Waals surface area contributed by atoms with Crippen LogP contribution in [0.2, 0.25) is 0 Å². The second kappa shape index (κ2) is 7.08. The molecule has 3 rings (SSSR count). The lowest BCUT2D eigenvalue weighted by molar-refractivity contribution is 0.0500. The average Bonchev–Trinajstić information content (AvgIpc) is 3.04. The molecular formula is C17H19N5O2. The summed E-state index contributed by atoms with van der Waals surface area (Å²) in [6.07, 6.45) is 3.33. The Bertz CT molecular complexity index is 842. The number of unbranched alkanes of at least 4 members (excludes halogenated alkanes) is 1. The molecule has 0 amide bonds. The van der Waals surface area contributed by atoms with E-state index in [1.807, 2.05) is 25.1 Å². The van der Waals surface area contributed by atoms with Crippen molar-refractivity contribution in [1.82, 2.24) is 19.6 Å². The summed E-state index contributed by atoms with van der Waals surface area (Å²) >= 11 is 0. The summed E-state index contributed by atoms with van der Waals surface area (Å²) in [5.41, 5.74) is 2.21. The first-order valence-electron chi connectivity index (χ1n) is 7.89. The number of rotatable bonds is 6. The van der Waals surface area contributed by atoms with Gasteiger partial charge in [-0.1, -0.05) is 13.3 Å². The number of carbonyl (C=O) groups excluding carboxylic acids is 1. The van der Waals surface area contributed by atoms with Crippen molar-refractivity contribution in [3.63, 3.8) is 0 Å². The standard InChI is InChI=1S/C17H19N5O2/c1-3-4-9-24-16(23)13-5-7-14(8-6-13)21-15-10-12(2)20-17-18-11-19-22(15)17/h5-8,10-11,21H,3-4,9H2,1-2H3. The number of aromatic nitrogens is 4. The molecule has 124 valence electrons. The fourth-order valence-corrected chi connectivity index (χ4v) is 2.25. The van der Waals surface area contributed by atoms with Crippen molar-refractivity contribution in [2.75, 3.05) is 11.9 Å². The summed E-state index contributed by atoms with van der Waals surface area (Å²) in [4.78, 5) is 20.3. The Hall–Kier alpha value is -2.96. The highest BCUT2D eigenvalue weighted by molar-refractivity contribution is 5.89. The van der Waals surface area contributed by atoms with E-state index in [0.29, 0.717) is 17.9 Å². The summed E-state index contributed by atoms with van der Waals surface area (Å²) < 4.78 is 6.82. The number of aryl methyl sites for hydroxylation is 1. The van der Waals surface area contributed by atoms with Gasteiger partial charge in [-0.3, -0.25) is 0 Å².